The van der Waals surface area contributed by atoms with E-state index in [4.69, 9.17) is 4.74 Å². The molecule has 1 heterocycles. The van der Waals surface area contributed by atoms with Gasteiger partial charge in [-0.05, 0) is 44.3 Å². The Bertz CT molecular complexity index is 389. The second kappa shape index (κ2) is 5.45. The fraction of sp³-hybridized carbons (Fsp3) is 0.538. The van der Waals surface area contributed by atoms with E-state index in [-0.39, 0.29) is 5.75 Å². The summed E-state index contributed by atoms with van der Waals surface area (Å²) >= 11 is 0. The van der Waals surface area contributed by atoms with Crippen molar-refractivity contribution in [1.29, 1.82) is 0 Å². The first-order valence-electron chi connectivity index (χ1n) is 5.93. The first kappa shape index (κ1) is 12.3. The van der Waals surface area contributed by atoms with Crippen molar-refractivity contribution in [3.05, 3.63) is 29.3 Å². The Morgan fingerprint density at radius 3 is 2.65 bits per heavy atom. The van der Waals surface area contributed by atoms with Gasteiger partial charge < -0.3 is 10.1 Å². The highest BCUT2D eigenvalue weighted by Gasteiger charge is 2.18. The third kappa shape index (κ3) is 2.94. The van der Waals surface area contributed by atoms with E-state index in [2.05, 4.69) is 5.32 Å². The zero-order valence-electron chi connectivity index (χ0n) is 9.93. The zero-order chi connectivity index (χ0) is 12.3. The summed E-state index contributed by atoms with van der Waals surface area (Å²) in [6.07, 6.45) is 2.77. The number of nitrogens with one attached hydrogen (secondary N) is 1. The second-order valence-electron chi connectivity index (χ2n) is 4.48. The standard InChI is InChI=1S/C13H17F2NO/c1-17-13-10(7-11(14)8-12(13)15)6-9-2-4-16-5-3-9/h7-9,16H,2-6H2,1H3. The number of rotatable bonds is 3. The van der Waals surface area contributed by atoms with Crippen molar-refractivity contribution in [3.63, 3.8) is 0 Å². The minimum atomic E-state index is -0.614. The lowest BCUT2D eigenvalue weighted by Gasteiger charge is -2.23. The topological polar surface area (TPSA) is 21.3 Å². The molecule has 2 nitrogen and oxygen atoms in total. The van der Waals surface area contributed by atoms with Crippen LogP contribution >= 0.6 is 0 Å². The van der Waals surface area contributed by atoms with Crippen molar-refractivity contribution in [2.24, 2.45) is 5.92 Å². The number of hydrogen-bond donors (Lipinski definition) is 1. The van der Waals surface area contributed by atoms with Crippen molar-refractivity contribution in [3.8, 4) is 5.75 Å². The van der Waals surface area contributed by atoms with Gasteiger partial charge in [0.2, 0.25) is 0 Å². The van der Waals surface area contributed by atoms with Gasteiger partial charge in [-0.2, -0.15) is 0 Å². The molecule has 0 unspecified atom stereocenters. The monoisotopic (exact) mass is 241 g/mol. The van der Waals surface area contributed by atoms with E-state index in [0.29, 0.717) is 17.9 Å². The molecule has 1 aliphatic rings. The van der Waals surface area contributed by atoms with Crippen molar-refractivity contribution in [2.45, 2.75) is 19.3 Å². The minimum Gasteiger partial charge on any atom is -0.493 e. The van der Waals surface area contributed by atoms with Crippen LogP contribution < -0.4 is 10.1 Å². The molecular weight excluding hydrogens is 224 g/mol. The van der Waals surface area contributed by atoms with Gasteiger partial charge in [0.1, 0.15) is 5.82 Å². The van der Waals surface area contributed by atoms with Gasteiger partial charge in [-0.1, -0.05) is 0 Å². The van der Waals surface area contributed by atoms with E-state index in [1.165, 1.54) is 13.2 Å². The Morgan fingerprint density at radius 2 is 2.00 bits per heavy atom. The quantitative estimate of drug-likeness (QED) is 0.878. The lowest BCUT2D eigenvalue weighted by Crippen LogP contribution is -2.28. The fourth-order valence-electron chi connectivity index (χ4n) is 2.39. The van der Waals surface area contributed by atoms with Crippen LogP contribution in [-0.4, -0.2) is 20.2 Å². The van der Waals surface area contributed by atoms with Crippen LogP contribution in [0.4, 0.5) is 8.78 Å². The lowest BCUT2D eigenvalue weighted by molar-refractivity contribution is 0.350. The highest BCUT2D eigenvalue weighted by molar-refractivity contribution is 5.36. The third-order valence-electron chi connectivity index (χ3n) is 3.26. The van der Waals surface area contributed by atoms with Crippen LogP contribution in [0.1, 0.15) is 18.4 Å². The average Bonchev–Trinajstić information content (AvgIpc) is 2.30. The number of benzene rings is 1. The van der Waals surface area contributed by atoms with Crippen LogP contribution in [0.5, 0.6) is 5.75 Å². The Labute approximate surface area is 100.0 Å². The fourth-order valence-corrected chi connectivity index (χ4v) is 2.39. The van der Waals surface area contributed by atoms with E-state index in [1.807, 2.05) is 0 Å². The number of hydrogen-bond acceptors (Lipinski definition) is 2. The average molecular weight is 241 g/mol. The number of ether oxygens (including phenoxy) is 1. The Kier molecular flexibility index (Phi) is 3.94. The normalized spacial score (nSPS) is 17.1. The maximum Gasteiger partial charge on any atom is 0.168 e. The van der Waals surface area contributed by atoms with Crippen LogP contribution in [0, 0.1) is 17.6 Å². The van der Waals surface area contributed by atoms with Crippen LogP contribution in [-0.2, 0) is 6.42 Å². The van der Waals surface area contributed by atoms with Crippen LogP contribution in [0.2, 0.25) is 0 Å². The molecule has 0 spiro atoms. The van der Waals surface area contributed by atoms with Gasteiger partial charge in [-0.3, -0.25) is 0 Å². The summed E-state index contributed by atoms with van der Waals surface area (Å²) in [7, 11) is 1.42. The van der Waals surface area contributed by atoms with Gasteiger partial charge in [-0.25, -0.2) is 8.78 Å². The van der Waals surface area contributed by atoms with Crippen LogP contribution in [0.25, 0.3) is 0 Å². The van der Waals surface area contributed by atoms with Crippen molar-refractivity contribution in [1.82, 2.24) is 5.32 Å². The smallest absolute Gasteiger partial charge is 0.168 e. The lowest BCUT2D eigenvalue weighted by atomic mass is 9.90. The van der Waals surface area contributed by atoms with Crippen molar-refractivity contribution >= 4 is 0 Å². The van der Waals surface area contributed by atoms with E-state index in [0.717, 1.165) is 32.0 Å². The molecule has 1 fully saturated rings. The van der Waals surface area contributed by atoms with E-state index in [9.17, 15) is 8.78 Å². The molecule has 0 saturated carbocycles. The molecule has 1 saturated heterocycles. The SMILES string of the molecule is COc1c(F)cc(F)cc1CC1CCNCC1. The van der Waals surface area contributed by atoms with Crippen LogP contribution in [0.15, 0.2) is 12.1 Å². The molecule has 0 atom stereocenters. The molecule has 0 radical (unpaired) electrons. The van der Waals surface area contributed by atoms with Crippen molar-refractivity contribution < 1.29 is 13.5 Å². The maximum absolute atomic E-state index is 13.5. The van der Waals surface area contributed by atoms with Crippen LogP contribution in [0.3, 0.4) is 0 Å². The highest BCUT2D eigenvalue weighted by atomic mass is 19.1. The van der Waals surface area contributed by atoms with Gasteiger partial charge in [-0.15, -0.1) is 0 Å². The summed E-state index contributed by atoms with van der Waals surface area (Å²) in [5.41, 5.74) is 0.636. The molecule has 0 amide bonds. The highest BCUT2D eigenvalue weighted by Crippen LogP contribution is 2.28. The van der Waals surface area contributed by atoms with E-state index in [1.54, 1.807) is 0 Å². The number of halogens is 2. The molecule has 0 aromatic heterocycles. The summed E-state index contributed by atoms with van der Waals surface area (Å²) in [5.74, 6) is -0.486. The Hall–Kier alpha value is -1.16. The third-order valence-corrected chi connectivity index (χ3v) is 3.26. The molecule has 17 heavy (non-hydrogen) atoms. The summed E-state index contributed by atoms with van der Waals surface area (Å²) in [6, 6.07) is 2.24. The zero-order valence-corrected chi connectivity index (χ0v) is 9.93. The van der Waals surface area contributed by atoms with E-state index >= 15 is 0 Å². The molecule has 0 aliphatic carbocycles. The summed E-state index contributed by atoms with van der Waals surface area (Å²) in [5, 5.41) is 3.27. The largest absolute Gasteiger partial charge is 0.493 e. The van der Waals surface area contributed by atoms with Gasteiger partial charge in [0, 0.05) is 11.6 Å². The Balaban J connectivity index is 2.18. The van der Waals surface area contributed by atoms with Gasteiger partial charge in [0.15, 0.2) is 11.6 Å². The molecule has 4 heteroatoms. The molecular formula is C13H17F2NO. The molecule has 94 valence electrons. The predicted molar refractivity (Wildman–Crippen MR) is 62.2 cm³/mol. The first-order chi connectivity index (χ1) is 8.20. The number of methoxy groups -OCH3 is 1. The molecule has 1 aliphatic heterocycles. The first-order valence-corrected chi connectivity index (χ1v) is 5.93. The number of piperidine rings is 1. The summed E-state index contributed by atoms with van der Waals surface area (Å²) in [4.78, 5) is 0. The predicted octanol–water partition coefficient (Wildman–Crippen LogP) is 2.52. The Morgan fingerprint density at radius 1 is 1.29 bits per heavy atom. The molecule has 1 aromatic carbocycles. The van der Waals surface area contributed by atoms with E-state index < -0.39 is 11.6 Å². The van der Waals surface area contributed by atoms with Gasteiger partial charge >= 0.3 is 0 Å². The minimum absolute atomic E-state index is 0.185. The van der Waals surface area contributed by atoms with Gasteiger partial charge in [0.05, 0.1) is 7.11 Å². The second-order valence-corrected chi connectivity index (χ2v) is 4.48. The molecule has 1 aromatic rings. The molecule has 0 bridgehead atoms. The van der Waals surface area contributed by atoms with Crippen molar-refractivity contribution in [2.75, 3.05) is 20.2 Å². The summed E-state index contributed by atoms with van der Waals surface area (Å²) in [6.45, 7) is 1.95. The molecule has 1 N–H and O–H groups in total. The maximum atomic E-state index is 13.5. The summed E-state index contributed by atoms with van der Waals surface area (Å²) < 4.78 is 31.7. The molecule has 2 rings (SSSR count). The van der Waals surface area contributed by atoms with Gasteiger partial charge in [0.25, 0.3) is 0 Å².